The van der Waals surface area contributed by atoms with Crippen LogP contribution in [0.2, 0.25) is 0 Å². The van der Waals surface area contributed by atoms with Crippen LogP contribution in [0.4, 0.5) is 11.5 Å². The first kappa shape index (κ1) is 22.9. The highest BCUT2D eigenvalue weighted by molar-refractivity contribution is 7.08. The minimum absolute atomic E-state index is 0.191. The molecule has 4 aromatic rings. The van der Waals surface area contributed by atoms with Crippen LogP contribution in [-0.2, 0) is 0 Å². The van der Waals surface area contributed by atoms with Gasteiger partial charge >= 0.3 is 0 Å². The fourth-order valence-corrected chi connectivity index (χ4v) is 6.09. The lowest BCUT2D eigenvalue weighted by molar-refractivity contribution is 0.207. The maximum Gasteiger partial charge on any atom is 0.258 e. The van der Waals surface area contributed by atoms with Crippen molar-refractivity contribution in [3.05, 3.63) is 69.3 Å². The van der Waals surface area contributed by atoms with Crippen LogP contribution in [0.3, 0.4) is 0 Å². The van der Waals surface area contributed by atoms with Gasteiger partial charge in [-0.2, -0.15) is 11.3 Å². The van der Waals surface area contributed by atoms with Crippen LogP contribution in [0, 0.1) is 0 Å². The zero-order chi connectivity index (χ0) is 24.5. The van der Waals surface area contributed by atoms with E-state index in [2.05, 4.69) is 30.1 Å². The number of aromatic hydroxyl groups is 1. The molecular weight excluding hydrogens is 470 g/mol. The number of rotatable bonds is 5. The Morgan fingerprint density at radius 1 is 1.03 bits per heavy atom. The summed E-state index contributed by atoms with van der Waals surface area (Å²) >= 11 is 1.62. The first-order valence-electron chi connectivity index (χ1n) is 12.6. The predicted octanol–water partition coefficient (Wildman–Crippen LogP) is 5.17. The van der Waals surface area contributed by atoms with Crippen molar-refractivity contribution >= 4 is 39.8 Å². The van der Waals surface area contributed by atoms with Gasteiger partial charge in [0.2, 0.25) is 5.88 Å². The topological polar surface area (TPSA) is 84.8 Å². The van der Waals surface area contributed by atoms with E-state index in [1.165, 1.54) is 38.8 Å². The second kappa shape index (κ2) is 9.87. The van der Waals surface area contributed by atoms with E-state index in [-0.39, 0.29) is 11.4 Å². The summed E-state index contributed by atoms with van der Waals surface area (Å²) in [5, 5.41) is 15.8. The number of piperidine rings is 1. The fourth-order valence-electron chi connectivity index (χ4n) is 5.42. The molecule has 0 radical (unpaired) electrons. The molecule has 0 saturated carbocycles. The Bertz CT molecular complexity index is 1430. The Kier molecular flexibility index (Phi) is 6.29. The van der Waals surface area contributed by atoms with Crippen LogP contribution in [0.15, 0.2) is 63.1 Å². The van der Waals surface area contributed by atoms with Gasteiger partial charge in [-0.1, -0.05) is 6.07 Å². The Morgan fingerprint density at radius 2 is 1.86 bits per heavy atom. The SMILES string of the molecule is O=c1[nH]c(O)c(C=Nc2ccc(N3CCC(N4CCCC4)CC3)nc2)c2cc(-c3ccsc3)ccc12. The number of aliphatic imine (C=N–C) groups is 1. The van der Waals surface area contributed by atoms with Crippen molar-refractivity contribution in [1.29, 1.82) is 0 Å². The number of nitrogens with zero attached hydrogens (tertiary/aromatic N) is 4. The van der Waals surface area contributed by atoms with E-state index in [4.69, 9.17) is 0 Å². The third kappa shape index (κ3) is 4.54. The second-order valence-electron chi connectivity index (χ2n) is 9.58. The fraction of sp³-hybridized carbons (Fsp3) is 0.321. The number of anilines is 1. The summed E-state index contributed by atoms with van der Waals surface area (Å²) in [5.41, 5.74) is 2.92. The third-order valence-electron chi connectivity index (χ3n) is 7.42. The van der Waals surface area contributed by atoms with E-state index in [1.807, 2.05) is 35.7 Å². The Morgan fingerprint density at radius 3 is 2.58 bits per heavy atom. The molecule has 2 saturated heterocycles. The van der Waals surface area contributed by atoms with E-state index >= 15 is 0 Å². The molecule has 0 aliphatic carbocycles. The molecule has 0 unspecified atom stereocenters. The van der Waals surface area contributed by atoms with Crippen molar-refractivity contribution in [2.75, 3.05) is 31.1 Å². The highest BCUT2D eigenvalue weighted by Gasteiger charge is 2.26. The molecular formula is C28H29N5O2S. The molecule has 6 rings (SSSR count). The Hall–Kier alpha value is -3.49. The summed E-state index contributed by atoms with van der Waals surface area (Å²) < 4.78 is 0. The number of H-pyrrole nitrogens is 1. The lowest BCUT2D eigenvalue weighted by Gasteiger charge is -2.37. The largest absolute Gasteiger partial charge is 0.494 e. The highest BCUT2D eigenvalue weighted by atomic mass is 32.1. The Labute approximate surface area is 213 Å². The number of thiophene rings is 1. The number of aromatic nitrogens is 2. The molecule has 7 nitrogen and oxygen atoms in total. The standard InChI is InChI=1S/C28H29N5O2S/c34-27-23-5-3-19(20-9-14-36-18-20)15-24(23)25(28(35)31-27)17-29-21-4-6-26(30-16-21)33-12-7-22(8-13-33)32-10-1-2-11-32/h3-6,9,14-18,22H,1-2,7-8,10-13H2,(H2,31,34,35). The van der Waals surface area contributed by atoms with Crippen LogP contribution >= 0.6 is 11.3 Å². The quantitative estimate of drug-likeness (QED) is 0.370. The lowest BCUT2D eigenvalue weighted by Crippen LogP contribution is -2.44. The lowest BCUT2D eigenvalue weighted by atomic mass is 10.0. The van der Waals surface area contributed by atoms with Crippen molar-refractivity contribution in [3.8, 4) is 17.0 Å². The van der Waals surface area contributed by atoms with Gasteiger partial charge in [-0.05, 0) is 91.0 Å². The average molecular weight is 500 g/mol. The summed E-state index contributed by atoms with van der Waals surface area (Å²) in [6.45, 7) is 4.57. The maximum absolute atomic E-state index is 12.4. The number of aromatic amines is 1. The normalized spacial score (nSPS) is 17.5. The zero-order valence-corrected chi connectivity index (χ0v) is 20.9. The van der Waals surface area contributed by atoms with Gasteiger partial charge in [-0.25, -0.2) is 4.98 Å². The van der Waals surface area contributed by atoms with Gasteiger partial charge in [-0.3, -0.25) is 14.8 Å². The molecule has 2 aliphatic rings. The van der Waals surface area contributed by atoms with Gasteiger partial charge < -0.3 is 14.9 Å². The minimum Gasteiger partial charge on any atom is -0.494 e. The third-order valence-corrected chi connectivity index (χ3v) is 8.10. The van der Waals surface area contributed by atoms with Crippen molar-refractivity contribution in [3.63, 3.8) is 0 Å². The second-order valence-corrected chi connectivity index (χ2v) is 10.4. The van der Waals surface area contributed by atoms with Crippen LogP contribution in [0.1, 0.15) is 31.2 Å². The van der Waals surface area contributed by atoms with Gasteiger partial charge in [0.05, 0.1) is 17.4 Å². The summed E-state index contributed by atoms with van der Waals surface area (Å²) in [5.74, 6) is 0.788. The number of pyridine rings is 2. The molecule has 2 aliphatic heterocycles. The van der Waals surface area contributed by atoms with E-state index in [0.717, 1.165) is 30.0 Å². The molecule has 3 aromatic heterocycles. The van der Waals surface area contributed by atoms with E-state index in [1.54, 1.807) is 29.8 Å². The van der Waals surface area contributed by atoms with Gasteiger partial charge in [0.15, 0.2) is 0 Å². The van der Waals surface area contributed by atoms with Gasteiger partial charge in [-0.15, -0.1) is 0 Å². The predicted molar refractivity (Wildman–Crippen MR) is 147 cm³/mol. The molecule has 36 heavy (non-hydrogen) atoms. The number of likely N-dealkylation sites (tertiary alicyclic amines) is 1. The first-order valence-corrected chi connectivity index (χ1v) is 13.5. The first-order chi connectivity index (χ1) is 17.7. The summed E-state index contributed by atoms with van der Waals surface area (Å²) in [7, 11) is 0. The van der Waals surface area contributed by atoms with Gasteiger partial charge in [0.25, 0.3) is 5.56 Å². The van der Waals surface area contributed by atoms with E-state index in [9.17, 15) is 9.90 Å². The van der Waals surface area contributed by atoms with Crippen molar-refractivity contribution in [1.82, 2.24) is 14.9 Å². The zero-order valence-electron chi connectivity index (χ0n) is 20.1. The number of benzene rings is 1. The number of nitrogens with one attached hydrogen (secondary N) is 1. The van der Waals surface area contributed by atoms with E-state index in [0.29, 0.717) is 28.1 Å². The van der Waals surface area contributed by atoms with Gasteiger partial charge in [0, 0.05) is 36.1 Å². The molecule has 2 fully saturated rings. The van der Waals surface area contributed by atoms with Gasteiger partial charge in [0.1, 0.15) is 5.82 Å². The number of fused-ring (bicyclic) bond motifs is 1. The molecule has 0 spiro atoms. The monoisotopic (exact) mass is 499 g/mol. The smallest absolute Gasteiger partial charge is 0.258 e. The van der Waals surface area contributed by atoms with Crippen molar-refractivity contribution < 1.29 is 5.11 Å². The summed E-state index contributed by atoms with van der Waals surface area (Å²) in [6, 6.07) is 12.4. The number of hydrogen-bond donors (Lipinski definition) is 2. The minimum atomic E-state index is -0.323. The van der Waals surface area contributed by atoms with Crippen LogP contribution < -0.4 is 10.5 Å². The summed E-state index contributed by atoms with van der Waals surface area (Å²) in [6.07, 6.45) is 8.42. The van der Waals surface area contributed by atoms with Crippen molar-refractivity contribution in [2.45, 2.75) is 31.7 Å². The molecule has 1 aromatic carbocycles. The van der Waals surface area contributed by atoms with Crippen LogP contribution in [0.25, 0.3) is 21.9 Å². The van der Waals surface area contributed by atoms with E-state index < -0.39 is 0 Å². The molecule has 0 bridgehead atoms. The summed E-state index contributed by atoms with van der Waals surface area (Å²) in [4.78, 5) is 29.2. The van der Waals surface area contributed by atoms with Crippen molar-refractivity contribution in [2.24, 2.45) is 4.99 Å². The maximum atomic E-state index is 12.4. The molecule has 8 heteroatoms. The highest BCUT2D eigenvalue weighted by Crippen LogP contribution is 2.29. The van der Waals surface area contributed by atoms with Crippen LogP contribution in [0.5, 0.6) is 5.88 Å². The Balaban J connectivity index is 1.21. The van der Waals surface area contributed by atoms with Crippen LogP contribution in [-0.4, -0.2) is 58.4 Å². The molecule has 5 heterocycles. The molecule has 0 atom stereocenters. The molecule has 184 valence electrons. The average Bonchev–Trinajstić information content (AvgIpc) is 3.64. The molecule has 2 N–H and O–H groups in total. The molecule has 0 amide bonds. The number of hydrogen-bond acceptors (Lipinski definition) is 7.